The molecule has 26 heavy (non-hydrogen) atoms. The van der Waals surface area contributed by atoms with E-state index in [4.69, 9.17) is 9.15 Å². The van der Waals surface area contributed by atoms with Crippen LogP contribution >= 0.6 is 0 Å². The Kier molecular flexibility index (Phi) is 4.55. The maximum atomic E-state index is 13.0. The molecule has 0 aliphatic rings. The molecule has 0 fully saturated rings. The standard InChI is InChI=1S/C21H20O5/c1-11-5-7-15(8-6-11)19-20(25-14(4)21(23)24)18(22)16-9-12(2)13(3)10-17(16)26-19/h5-10,14H,1-4H3,(H,23,24)/p-1/t14-/m0/s1. The second-order valence-corrected chi connectivity index (χ2v) is 6.47. The van der Waals surface area contributed by atoms with E-state index in [1.807, 2.05) is 32.9 Å². The van der Waals surface area contributed by atoms with Gasteiger partial charge in [-0.2, -0.15) is 0 Å². The summed E-state index contributed by atoms with van der Waals surface area (Å²) in [6, 6.07) is 10.9. The number of aliphatic carboxylic acids is 1. The Balaban J connectivity index is 2.32. The van der Waals surface area contributed by atoms with E-state index in [0.29, 0.717) is 16.5 Å². The summed E-state index contributed by atoms with van der Waals surface area (Å²) in [7, 11) is 0. The van der Waals surface area contributed by atoms with Crippen molar-refractivity contribution in [2.24, 2.45) is 0 Å². The van der Waals surface area contributed by atoms with Gasteiger partial charge in [-0.1, -0.05) is 29.8 Å². The number of rotatable bonds is 4. The highest BCUT2D eigenvalue weighted by atomic mass is 16.5. The zero-order chi connectivity index (χ0) is 19.0. The van der Waals surface area contributed by atoms with Crippen molar-refractivity contribution in [2.45, 2.75) is 33.8 Å². The monoisotopic (exact) mass is 351 g/mol. The van der Waals surface area contributed by atoms with Crippen LogP contribution in [0, 0.1) is 20.8 Å². The number of hydrogen-bond donors (Lipinski definition) is 0. The van der Waals surface area contributed by atoms with Gasteiger partial charge in [0, 0.05) is 5.56 Å². The Morgan fingerprint density at radius 2 is 1.69 bits per heavy atom. The number of carboxylic acids is 1. The average molecular weight is 351 g/mol. The predicted molar refractivity (Wildman–Crippen MR) is 97.2 cm³/mol. The van der Waals surface area contributed by atoms with Crippen molar-refractivity contribution in [3.8, 4) is 17.1 Å². The van der Waals surface area contributed by atoms with Crippen LogP contribution in [0.4, 0.5) is 0 Å². The first-order valence-electron chi connectivity index (χ1n) is 8.30. The highest BCUT2D eigenvalue weighted by molar-refractivity contribution is 5.83. The molecule has 1 heterocycles. The van der Waals surface area contributed by atoms with Crippen LogP contribution in [0.3, 0.4) is 0 Å². The summed E-state index contributed by atoms with van der Waals surface area (Å²) in [4.78, 5) is 24.1. The van der Waals surface area contributed by atoms with E-state index < -0.39 is 17.5 Å². The van der Waals surface area contributed by atoms with Crippen molar-refractivity contribution in [1.82, 2.24) is 0 Å². The smallest absolute Gasteiger partial charge is 0.235 e. The number of carbonyl (C=O) groups excluding carboxylic acids is 1. The minimum Gasteiger partial charge on any atom is -0.546 e. The minimum absolute atomic E-state index is 0.124. The van der Waals surface area contributed by atoms with Crippen molar-refractivity contribution < 1.29 is 19.1 Å². The van der Waals surface area contributed by atoms with E-state index in [2.05, 4.69) is 0 Å². The third-order valence-corrected chi connectivity index (χ3v) is 4.41. The lowest BCUT2D eigenvalue weighted by molar-refractivity contribution is -0.312. The van der Waals surface area contributed by atoms with Gasteiger partial charge in [-0.15, -0.1) is 0 Å². The SMILES string of the molecule is Cc1ccc(-c2oc3cc(C)c(C)cc3c(=O)c2O[C@@H](C)C(=O)[O-])cc1. The molecule has 0 radical (unpaired) electrons. The molecule has 0 unspecified atom stereocenters. The summed E-state index contributed by atoms with van der Waals surface area (Å²) in [6.07, 6.45) is -1.29. The van der Waals surface area contributed by atoms with Crippen LogP contribution in [0.25, 0.3) is 22.3 Å². The second kappa shape index (κ2) is 6.67. The van der Waals surface area contributed by atoms with Gasteiger partial charge in [-0.05, 0) is 51.0 Å². The van der Waals surface area contributed by atoms with E-state index >= 15 is 0 Å². The van der Waals surface area contributed by atoms with Crippen LogP contribution in [0.15, 0.2) is 45.6 Å². The first-order valence-corrected chi connectivity index (χ1v) is 8.30. The molecule has 3 rings (SSSR count). The van der Waals surface area contributed by atoms with E-state index in [1.54, 1.807) is 24.3 Å². The normalized spacial score (nSPS) is 12.2. The number of carbonyl (C=O) groups is 1. The number of aryl methyl sites for hydroxylation is 3. The van der Waals surface area contributed by atoms with Gasteiger partial charge in [-0.25, -0.2) is 0 Å². The van der Waals surface area contributed by atoms with Crippen molar-refractivity contribution in [2.75, 3.05) is 0 Å². The summed E-state index contributed by atoms with van der Waals surface area (Å²) in [5.41, 5.74) is 3.64. The largest absolute Gasteiger partial charge is 0.546 e. The lowest BCUT2D eigenvalue weighted by Gasteiger charge is -2.18. The predicted octanol–water partition coefficient (Wildman–Crippen LogP) is 2.90. The fraction of sp³-hybridized carbons (Fsp3) is 0.238. The van der Waals surface area contributed by atoms with Crippen molar-refractivity contribution in [3.63, 3.8) is 0 Å². The Morgan fingerprint density at radius 3 is 2.31 bits per heavy atom. The van der Waals surface area contributed by atoms with Crippen LogP contribution in [-0.2, 0) is 4.79 Å². The van der Waals surface area contributed by atoms with Crippen molar-refractivity contribution in [1.29, 1.82) is 0 Å². The van der Waals surface area contributed by atoms with Crippen LogP contribution in [0.2, 0.25) is 0 Å². The van der Waals surface area contributed by atoms with Gasteiger partial charge in [0.05, 0.1) is 11.4 Å². The molecule has 2 aromatic carbocycles. The Hall–Kier alpha value is -3.08. The number of benzene rings is 2. The molecule has 134 valence electrons. The lowest BCUT2D eigenvalue weighted by Crippen LogP contribution is -2.38. The van der Waals surface area contributed by atoms with Gasteiger partial charge >= 0.3 is 0 Å². The van der Waals surface area contributed by atoms with E-state index in [-0.39, 0.29) is 11.5 Å². The molecule has 3 aromatic rings. The Morgan fingerprint density at radius 1 is 1.08 bits per heavy atom. The first-order chi connectivity index (χ1) is 12.3. The molecular weight excluding hydrogens is 332 g/mol. The Labute approximate surface area is 150 Å². The average Bonchev–Trinajstić information content (AvgIpc) is 2.59. The molecule has 0 aliphatic carbocycles. The molecule has 1 aromatic heterocycles. The number of hydrogen-bond acceptors (Lipinski definition) is 5. The van der Waals surface area contributed by atoms with Crippen molar-refractivity contribution in [3.05, 3.63) is 63.3 Å². The fourth-order valence-corrected chi connectivity index (χ4v) is 2.66. The summed E-state index contributed by atoms with van der Waals surface area (Å²) in [5, 5.41) is 11.5. The van der Waals surface area contributed by atoms with Crippen LogP contribution < -0.4 is 15.3 Å². The van der Waals surface area contributed by atoms with Crippen molar-refractivity contribution >= 4 is 16.9 Å². The number of carboxylic acid groups (broad SMARTS) is 1. The fourth-order valence-electron chi connectivity index (χ4n) is 2.66. The molecule has 5 nitrogen and oxygen atoms in total. The zero-order valence-corrected chi connectivity index (χ0v) is 15.1. The molecule has 5 heteroatoms. The molecular formula is C21H19O5-. The third-order valence-electron chi connectivity index (χ3n) is 4.41. The summed E-state index contributed by atoms with van der Waals surface area (Å²) < 4.78 is 11.4. The highest BCUT2D eigenvalue weighted by Crippen LogP contribution is 2.32. The summed E-state index contributed by atoms with van der Waals surface area (Å²) >= 11 is 0. The third kappa shape index (κ3) is 3.20. The molecule has 0 N–H and O–H groups in total. The maximum absolute atomic E-state index is 13.0. The second-order valence-electron chi connectivity index (χ2n) is 6.47. The molecule has 0 aliphatic heterocycles. The van der Waals surface area contributed by atoms with Gasteiger partial charge in [0.2, 0.25) is 11.2 Å². The topological polar surface area (TPSA) is 79.6 Å². The number of fused-ring (bicyclic) bond motifs is 1. The van der Waals surface area contributed by atoms with Crippen LogP contribution in [0.5, 0.6) is 5.75 Å². The summed E-state index contributed by atoms with van der Waals surface area (Å²) in [6.45, 7) is 7.09. The van der Waals surface area contributed by atoms with Gasteiger partial charge in [-0.3, -0.25) is 4.79 Å². The first kappa shape index (κ1) is 17.7. The molecule has 0 amide bonds. The van der Waals surface area contributed by atoms with Gasteiger partial charge in [0.25, 0.3) is 0 Å². The molecule has 1 atom stereocenters. The van der Waals surface area contributed by atoms with Crippen LogP contribution in [0.1, 0.15) is 23.6 Å². The highest BCUT2D eigenvalue weighted by Gasteiger charge is 2.20. The maximum Gasteiger partial charge on any atom is 0.235 e. The quantitative estimate of drug-likeness (QED) is 0.722. The van der Waals surface area contributed by atoms with Gasteiger partial charge < -0.3 is 19.1 Å². The number of ether oxygens (including phenoxy) is 1. The van der Waals surface area contributed by atoms with E-state index in [0.717, 1.165) is 16.7 Å². The van der Waals surface area contributed by atoms with Gasteiger partial charge in [0.1, 0.15) is 11.7 Å². The minimum atomic E-state index is -1.40. The molecule has 0 saturated heterocycles. The molecule has 0 bridgehead atoms. The lowest BCUT2D eigenvalue weighted by atomic mass is 10.0. The Bertz CT molecular complexity index is 1040. The van der Waals surface area contributed by atoms with E-state index in [9.17, 15) is 14.7 Å². The van der Waals surface area contributed by atoms with Gasteiger partial charge in [0.15, 0.2) is 5.76 Å². The molecule has 0 saturated carbocycles. The van der Waals surface area contributed by atoms with E-state index in [1.165, 1.54) is 6.92 Å². The zero-order valence-electron chi connectivity index (χ0n) is 15.1. The summed E-state index contributed by atoms with van der Waals surface area (Å²) in [5.74, 6) is -1.32. The molecule has 0 spiro atoms. The van der Waals surface area contributed by atoms with Crippen LogP contribution in [-0.4, -0.2) is 12.1 Å².